The summed E-state index contributed by atoms with van der Waals surface area (Å²) in [6, 6.07) is 18.2. The van der Waals surface area contributed by atoms with Crippen molar-refractivity contribution in [3.63, 3.8) is 0 Å². The number of carboxylic acids is 1. The molecule has 4 rings (SSSR count). The number of nitrogens with zero attached hydrogens (tertiary/aromatic N) is 3. The zero-order chi connectivity index (χ0) is 24.1. The van der Waals surface area contributed by atoms with Crippen molar-refractivity contribution in [3.8, 4) is 0 Å². The number of carbonyl (C=O) groups is 3. The summed E-state index contributed by atoms with van der Waals surface area (Å²) in [6.07, 6.45) is 4.42. The third-order valence-corrected chi connectivity index (χ3v) is 7.23. The highest BCUT2D eigenvalue weighted by Gasteiger charge is 2.48. The second-order valence-electron chi connectivity index (χ2n) is 9.43. The highest BCUT2D eigenvalue weighted by Crippen LogP contribution is 2.41. The van der Waals surface area contributed by atoms with Crippen molar-refractivity contribution in [3.05, 3.63) is 71.8 Å². The minimum absolute atomic E-state index is 0. The number of rotatable bonds is 5. The third-order valence-electron chi connectivity index (χ3n) is 7.23. The highest BCUT2D eigenvalue weighted by molar-refractivity contribution is 7.59. The van der Waals surface area contributed by atoms with E-state index >= 15 is 0 Å². The summed E-state index contributed by atoms with van der Waals surface area (Å²) in [7, 11) is 1.72. The van der Waals surface area contributed by atoms with Crippen LogP contribution in [0, 0.1) is 0 Å². The van der Waals surface area contributed by atoms with Crippen LogP contribution in [0.15, 0.2) is 60.7 Å². The lowest BCUT2D eigenvalue weighted by molar-refractivity contribution is -0.156. The molecule has 1 aliphatic heterocycles. The van der Waals surface area contributed by atoms with E-state index < -0.39 is 17.4 Å². The minimum atomic E-state index is -1.07. The molecule has 8 heteroatoms. The van der Waals surface area contributed by atoms with Crippen LogP contribution in [0.1, 0.15) is 43.2 Å². The first kappa shape index (κ1) is 26.6. The standard InChI is InChI=1S/C27H33N3O4.H2S/c1-28(19-21-11-5-2-6-12-21)26(34)29-17-18-30(23(20-29)24(31)32)25(33)27(15-9-4-10-16-27)22-13-7-3-8-14-22;/h2-3,5-8,11-14,23H,4,9-10,15-20H2,1H3,(H,31,32);1H2/t23-;/m0./s1. The van der Waals surface area contributed by atoms with Gasteiger partial charge in [-0.3, -0.25) is 4.79 Å². The molecule has 1 saturated carbocycles. The van der Waals surface area contributed by atoms with Gasteiger partial charge in [0.05, 0.1) is 12.0 Å². The number of benzene rings is 2. The lowest BCUT2D eigenvalue weighted by atomic mass is 9.68. The van der Waals surface area contributed by atoms with Crippen molar-refractivity contribution in [2.45, 2.75) is 50.1 Å². The van der Waals surface area contributed by atoms with Gasteiger partial charge >= 0.3 is 12.0 Å². The zero-order valence-corrected chi connectivity index (χ0v) is 21.2. The Morgan fingerprint density at radius 3 is 2.14 bits per heavy atom. The van der Waals surface area contributed by atoms with Crippen LogP contribution in [0.25, 0.3) is 0 Å². The Bertz CT molecular complexity index is 1010. The van der Waals surface area contributed by atoms with Crippen LogP contribution in [0.4, 0.5) is 4.79 Å². The molecule has 2 aliphatic rings. The smallest absolute Gasteiger partial charge is 0.328 e. The number of hydrogen-bond acceptors (Lipinski definition) is 3. The van der Waals surface area contributed by atoms with Crippen LogP contribution in [-0.4, -0.2) is 70.4 Å². The Kier molecular flexibility index (Phi) is 8.83. The number of hydrogen-bond donors (Lipinski definition) is 1. The van der Waals surface area contributed by atoms with Crippen LogP contribution < -0.4 is 0 Å². The van der Waals surface area contributed by atoms with Crippen molar-refractivity contribution >= 4 is 31.4 Å². The Labute approximate surface area is 214 Å². The summed E-state index contributed by atoms with van der Waals surface area (Å²) in [4.78, 5) is 44.0. The van der Waals surface area contributed by atoms with Crippen molar-refractivity contribution < 1.29 is 19.5 Å². The summed E-state index contributed by atoms with van der Waals surface area (Å²) < 4.78 is 0. The molecular formula is C27H35N3O4S. The van der Waals surface area contributed by atoms with Crippen molar-refractivity contribution in [2.24, 2.45) is 0 Å². The normalized spacial score (nSPS) is 19.4. The third kappa shape index (κ3) is 5.64. The number of carboxylic acid groups (broad SMARTS) is 1. The van der Waals surface area contributed by atoms with Gasteiger partial charge in [-0.15, -0.1) is 0 Å². The molecule has 1 aliphatic carbocycles. The Balaban J connectivity index is 0.00000342. The molecule has 1 heterocycles. The molecule has 0 bridgehead atoms. The van der Waals surface area contributed by atoms with Crippen LogP contribution >= 0.6 is 13.5 Å². The maximum atomic E-state index is 14.0. The van der Waals surface area contributed by atoms with Gasteiger partial charge in [0, 0.05) is 26.7 Å². The second-order valence-corrected chi connectivity index (χ2v) is 9.43. The van der Waals surface area contributed by atoms with E-state index in [0.29, 0.717) is 13.1 Å². The average Bonchev–Trinajstić information content (AvgIpc) is 2.89. The summed E-state index contributed by atoms with van der Waals surface area (Å²) in [5, 5.41) is 10.0. The van der Waals surface area contributed by atoms with Gasteiger partial charge in [0.1, 0.15) is 6.04 Å². The van der Waals surface area contributed by atoms with Gasteiger partial charge in [-0.1, -0.05) is 79.9 Å². The van der Waals surface area contributed by atoms with Gasteiger partial charge in [0.15, 0.2) is 0 Å². The summed E-state index contributed by atoms with van der Waals surface area (Å²) in [5.74, 6) is -1.19. The molecular weight excluding hydrogens is 462 g/mol. The predicted molar refractivity (Wildman–Crippen MR) is 140 cm³/mol. The number of urea groups is 1. The van der Waals surface area contributed by atoms with Crippen LogP contribution in [0.2, 0.25) is 0 Å². The fourth-order valence-electron chi connectivity index (χ4n) is 5.39. The Hall–Kier alpha value is -3.00. The first-order chi connectivity index (χ1) is 16.4. The number of amides is 3. The Morgan fingerprint density at radius 2 is 1.54 bits per heavy atom. The Morgan fingerprint density at radius 1 is 0.943 bits per heavy atom. The zero-order valence-electron chi connectivity index (χ0n) is 20.2. The topological polar surface area (TPSA) is 81.2 Å². The van der Waals surface area contributed by atoms with Crippen molar-refractivity contribution in [2.75, 3.05) is 26.7 Å². The molecule has 3 amide bonds. The summed E-state index contributed by atoms with van der Waals surface area (Å²) in [5.41, 5.74) is 1.28. The van der Waals surface area contributed by atoms with Gasteiger partial charge in [-0.25, -0.2) is 9.59 Å². The molecule has 188 valence electrons. The minimum Gasteiger partial charge on any atom is -0.480 e. The van der Waals surface area contributed by atoms with E-state index in [-0.39, 0.29) is 38.5 Å². The molecule has 2 aromatic carbocycles. The van der Waals surface area contributed by atoms with E-state index in [1.165, 1.54) is 4.90 Å². The van der Waals surface area contributed by atoms with E-state index in [1.54, 1.807) is 16.8 Å². The quantitative estimate of drug-likeness (QED) is 0.680. The van der Waals surface area contributed by atoms with Crippen molar-refractivity contribution in [1.29, 1.82) is 0 Å². The van der Waals surface area contributed by atoms with Gasteiger partial charge in [0.25, 0.3) is 0 Å². The maximum absolute atomic E-state index is 14.0. The first-order valence-corrected chi connectivity index (χ1v) is 12.1. The van der Waals surface area contributed by atoms with Crippen LogP contribution in [0.3, 0.4) is 0 Å². The fraction of sp³-hybridized carbons (Fsp3) is 0.444. The van der Waals surface area contributed by atoms with E-state index in [2.05, 4.69) is 0 Å². The van der Waals surface area contributed by atoms with E-state index in [1.807, 2.05) is 60.7 Å². The highest BCUT2D eigenvalue weighted by atomic mass is 32.1. The molecule has 35 heavy (non-hydrogen) atoms. The van der Waals surface area contributed by atoms with Gasteiger partial charge < -0.3 is 19.8 Å². The molecule has 7 nitrogen and oxygen atoms in total. The molecule has 0 radical (unpaired) electrons. The van der Waals surface area contributed by atoms with Crippen LogP contribution in [-0.2, 0) is 21.5 Å². The lowest BCUT2D eigenvalue weighted by Crippen LogP contribution is -2.63. The van der Waals surface area contributed by atoms with E-state index in [0.717, 1.165) is 43.2 Å². The summed E-state index contributed by atoms with van der Waals surface area (Å²) >= 11 is 0. The van der Waals surface area contributed by atoms with Gasteiger partial charge in [0.2, 0.25) is 5.91 Å². The number of carbonyl (C=O) groups excluding carboxylic acids is 2. The maximum Gasteiger partial charge on any atom is 0.328 e. The predicted octanol–water partition coefficient (Wildman–Crippen LogP) is 3.85. The summed E-state index contributed by atoms with van der Waals surface area (Å²) in [6.45, 7) is 0.964. The first-order valence-electron chi connectivity index (χ1n) is 12.1. The number of piperazine rings is 1. The SMILES string of the molecule is CN(Cc1ccccc1)C(=O)N1CCN(C(=O)C2(c3ccccc3)CCCCC2)[C@H](C(=O)O)C1.S. The molecule has 0 spiro atoms. The van der Waals surface area contributed by atoms with Crippen molar-refractivity contribution in [1.82, 2.24) is 14.7 Å². The molecule has 1 saturated heterocycles. The largest absolute Gasteiger partial charge is 0.480 e. The second kappa shape index (κ2) is 11.6. The van der Waals surface area contributed by atoms with Crippen LogP contribution in [0.5, 0.6) is 0 Å². The molecule has 0 unspecified atom stereocenters. The monoisotopic (exact) mass is 497 g/mol. The molecule has 2 aromatic rings. The number of aliphatic carboxylic acids is 1. The molecule has 0 aromatic heterocycles. The molecule has 1 N–H and O–H groups in total. The lowest BCUT2D eigenvalue weighted by Gasteiger charge is -2.46. The van der Waals surface area contributed by atoms with E-state index in [9.17, 15) is 19.5 Å². The molecule has 2 fully saturated rings. The van der Waals surface area contributed by atoms with E-state index in [4.69, 9.17) is 0 Å². The van der Waals surface area contributed by atoms with Gasteiger partial charge in [-0.2, -0.15) is 13.5 Å². The fourth-order valence-corrected chi connectivity index (χ4v) is 5.39. The average molecular weight is 498 g/mol. The van der Waals surface area contributed by atoms with Gasteiger partial charge in [-0.05, 0) is 24.0 Å². The molecule has 1 atom stereocenters.